The molecule has 0 bridgehead atoms. The Labute approximate surface area is 108 Å². The van der Waals surface area contributed by atoms with E-state index in [-0.39, 0.29) is 18.1 Å². The van der Waals surface area contributed by atoms with Crippen molar-refractivity contribution in [1.82, 2.24) is 0 Å². The van der Waals surface area contributed by atoms with Crippen molar-refractivity contribution in [3.63, 3.8) is 0 Å². The molecule has 4 nitrogen and oxygen atoms in total. The lowest BCUT2D eigenvalue weighted by Gasteiger charge is -2.24. The highest BCUT2D eigenvalue weighted by atomic mass is 16.5. The van der Waals surface area contributed by atoms with Crippen molar-refractivity contribution in [1.29, 1.82) is 0 Å². The molecule has 1 unspecified atom stereocenters. The lowest BCUT2D eigenvalue weighted by Crippen LogP contribution is -2.26. The standard InChI is InChI=1S/C14H21NO3/c1-9-11(17-2)5-4-10(12(9)18-3)13(15)14(8-16)6-7-14/h4-5,13,16H,6-8,15H2,1-3H3. The topological polar surface area (TPSA) is 64.7 Å². The molecule has 1 atom stereocenters. The number of aliphatic hydroxyl groups is 1. The van der Waals surface area contributed by atoms with Gasteiger partial charge in [-0.3, -0.25) is 0 Å². The van der Waals surface area contributed by atoms with Crippen molar-refractivity contribution < 1.29 is 14.6 Å². The van der Waals surface area contributed by atoms with Crippen LogP contribution in [-0.4, -0.2) is 25.9 Å². The zero-order valence-electron chi connectivity index (χ0n) is 11.2. The fraction of sp³-hybridized carbons (Fsp3) is 0.571. The normalized spacial score (nSPS) is 18.3. The minimum Gasteiger partial charge on any atom is -0.496 e. The van der Waals surface area contributed by atoms with Crippen LogP contribution in [0.15, 0.2) is 12.1 Å². The van der Waals surface area contributed by atoms with E-state index in [0.29, 0.717) is 0 Å². The monoisotopic (exact) mass is 251 g/mol. The van der Waals surface area contributed by atoms with Crippen LogP contribution >= 0.6 is 0 Å². The van der Waals surface area contributed by atoms with Crippen LogP contribution in [0.1, 0.15) is 30.0 Å². The summed E-state index contributed by atoms with van der Waals surface area (Å²) in [6.45, 7) is 2.08. The number of nitrogens with two attached hydrogens (primary N) is 1. The summed E-state index contributed by atoms with van der Waals surface area (Å²) >= 11 is 0. The summed E-state index contributed by atoms with van der Waals surface area (Å²) in [4.78, 5) is 0. The molecule has 1 aromatic carbocycles. The third kappa shape index (κ3) is 1.95. The predicted molar refractivity (Wildman–Crippen MR) is 70.0 cm³/mol. The Morgan fingerprint density at radius 2 is 2.00 bits per heavy atom. The van der Waals surface area contributed by atoms with Gasteiger partial charge >= 0.3 is 0 Å². The molecule has 3 N–H and O–H groups in total. The molecule has 100 valence electrons. The summed E-state index contributed by atoms with van der Waals surface area (Å²) < 4.78 is 10.7. The van der Waals surface area contributed by atoms with Crippen LogP contribution in [-0.2, 0) is 0 Å². The summed E-state index contributed by atoms with van der Waals surface area (Å²) in [6, 6.07) is 3.65. The van der Waals surface area contributed by atoms with Crippen molar-refractivity contribution in [2.45, 2.75) is 25.8 Å². The summed E-state index contributed by atoms with van der Waals surface area (Å²) in [6.07, 6.45) is 1.94. The zero-order valence-corrected chi connectivity index (χ0v) is 11.2. The van der Waals surface area contributed by atoms with Crippen molar-refractivity contribution in [2.24, 2.45) is 11.1 Å². The molecule has 1 aromatic rings. The fourth-order valence-corrected chi connectivity index (χ4v) is 2.49. The average Bonchev–Trinajstić information content (AvgIpc) is 3.18. The molecular weight excluding hydrogens is 230 g/mol. The van der Waals surface area contributed by atoms with E-state index >= 15 is 0 Å². The van der Waals surface area contributed by atoms with Crippen molar-refractivity contribution in [2.75, 3.05) is 20.8 Å². The maximum Gasteiger partial charge on any atom is 0.130 e. The minimum absolute atomic E-state index is 0.127. The number of hydrogen-bond donors (Lipinski definition) is 2. The van der Waals surface area contributed by atoms with Gasteiger partial charge in [-0.2, -0.15) is 0 Å². The Kier molecular flexibility index (Phi) is 3.50. The molecule has 1 aliphatic rings. The van der Waals surface area contributed by atoms with Gasteiger partial charge in [0.25, 0.3) is 0 Å². The zero-order chi connectivity index (χ0) is 13.3. The maximum atomic E-state index is 9.48. The van der Waals surface area contributed by atoms with Gasteiger partial charge in [0.2, 0.25) is 0 Å². The van der Waals surface area contributed by atoms with Crippen LogP contribution in [0, 0.1) is 12.3 Å². The third-order valence-electron chi connectivity index (χ3n) is 4.01. The van der Waals surface area contributed by atoms with E-state index in [0.717, 1.165) is 35.5 Å². The van der Waals surface area contributed by atoms with Gasteiger partial charge in [-0.15, -0.1) is 0 Å². The van der Waals surface area contributed by atoms with Crippen LogP contribution in [0.3, 0.4) is 0 Å². The average molecular weight is 251 g/mol. The molecule has 0 amide bonds. The van der Waals surface area contributed by atoms with Gasteiger partial charge in [0, 0.05) is 22.6 Å². The van der Waals surface area contributed by atoms with Crippen LogP contribution in [0.4, 0.5) is 0 Å². The predicted octanol–water partition coefficient (Wildman–Crippen LogP) is 1.78. The Bertz CT molecular complexity index is 441. The first kappa shape index (κ1) is 13.2. The highest BCUT2D eigenvalue weighted by molar-refractivity contribution is 5.51. The third-order valence-corrected chi connectivity index (χ3v) is 4.01. The second kappa shape index (κ2) is 4.78. The van der Waals surface area contributed by atoms with Crippen molar-refractivity contribution in [3.8, 4) is 11.5 Å². The molecular formula is C14H21NO3. The van der Waals surface area contributed by atoms with Gasteiger partial charge in [-0.25, -0.2) is 0 Å². The number of benzene rings is 1. The van der Waals surface area contributed by atoms with Gasteiger partial charge in [-0.05, 0) is 25.8 Å². The number of hydrogen-bond acceptors (Lipinski definition) is 4. The van der Waals surface area contributed by atoms with E-state index in [1.165, 1.54) is 0 Å². The summed E-state index contributed by atoms with van der Waals surface area (Å²) in [5, 5.41) is 9.48. The highest BCUT2D eigenvalue weighted by Gasteiger charge is 2.48. The van der Waals surface area contributed by atoms with E-state index in [2.05, 4.69) is 0 Å². The van der Waals surface area contributed by atoms with E-state index in [4.69, 9.17) is 15.2 Å². The van der Waals surface area contributed by atoms with E-state index < -0.39 is 0 Å². The van der Waals surface area contributed by atoms with E-state index in [1.807, 2.05) is 19.1 Å². The molecule has 0 aliphatic heterocycles. The first-order chi connectivity index (χ1) is 8.59. The van der Waals surface area contributed by atoms with Crippen molar-refractivity contribution in [3.05, 3.63) is 23.3 Å². The number of ether oxygens (including phenoxy) is 2. The first-order valence-corrected chi connectivity index (χ1v) is 6.17. The molecule has 0 heterocycles. The molecule has 0 radical (unpaired) electrons. The van der Waals surface area contributed by atoms with E-state index in [1.54, 1.807) is 14.2 Å². The fourth-order valence-electron chi connectivity index (χ4n) is 2.49. The lowest BCUT2D eigenvalue weighted by molar-refractivity contribution is 0.186. The molecule has 1 saturated carbocycles. The van der Waals surface area contributed by atoms with Gasteiger partial charge < -0.3 is 20.3 Å². The first-order valence-electron chi connectivity index (χ1n) is 6.17. The van der Waals surface area contributed by atoms with Crippen molar-refractivity contribution >= 4 is 0 Å². The Morgan fingerprint density at radius 1 is 1.33 bits per heavy atom. The smallest absolute Gasteiger partial charge is 0.130 e. The molecule has 0 spiro atoms. The molecule has 1 fully saturated rings. The molecule has 0 saturated heterocycles. The van der Waals surface area contributed by atoms with Gasteiger partial charge in [0.1, 0.15) is 11.5 Å². The number of aliphatic hydroxyl groups excluding tert-OH is 1. The molecule has 2 rings (SSSR count). The van der Waals surface area contributed by atoms with Crippen LogP contribution in [0.2, 0.25) is 0 Å². The Morgan fingerprint density at radius 3 is 2.44 bits per heavy atom. The second-order valence-electron chi connectivity index (χ2n) is 5.01. The van der Waals surface area contributed by atoms with Gasteiger partial charge in [-0.1, -0.05) is 6.07 Å². The number of methoxy groups -OCH3 is 2. The largest absolute Gasteiger partial charge is 0.496 e. The van der Waals surface area contributed by atoms with Gasteiger partial charge in [0.15, 0.2) is 0 Å². The maximum absolute atomic E-state index is 9.48. The molecule has 1 aliphatic carbocycles. The summed E-state index contributed by atoms with van der Waals surface area (Å²) in [7, 11) is 3.27. The molecule has 18 heavy (non-hydrogen) atoms. The van der Waals surface area contributed by atoms with E-state index in [9.17, 15) is 5.11 Å². The second-order valence-corrected chi connectivity index (χ2v) is 5.01. The highest BCUT2D eigenvalue weighted by Crippen LogP contribution is 2.55. The Hall–Kier alpha value is -1.26. The lowest BCUT2D eigenvalue weighted by atomic mass is 9.89. The van der Waals surface area contributed by atoms with Crippen LogP contribution < -0.4 is 15.2 Å². The molecule has 0 aromatic heterocycles. The quantitative estimate of drug-likeness (QED) is 0.837. The van der Waals surface area contributed by atoms with Crippen LogP contribution in [0.25, 0.3) is 0 Å². The number of rotatable bonds is 5. The SMILES string of the molecule is COc1ccc(C(N)C2(CO)CC2)c(OC)c1C. The van der Waals surface area contributed by atoms with Gasteiger partial charge in [0.05, 0.1) is 20.8 Å². The summed E-state index contributed by atoms with van der Waals surface area (Å²) in [5.41, 5.74) is 8.04. The van der Waals surface area contributed by atoms with Crippen LogP contribution in [0.5, 0.6) is 11.5 Å². The minimum atomic E-state index is -0.193. The summed E-state index contributed by atoms with van der Waals surface area (Å²) in [5.74, 6) is 1.55. The molecule has 4 heteroatoms. The Balaban J connectivity index is 2.42.